The van der Waals surface area contributed by atoms with Crippen LogP contribution in [0.3, 0.4) is 0 Å². The molecule has 0 radical (unpaired) electrons. The summed E-state index contributed by atoms with van der Waals surface area (Å²) in [5.41, 5.74) is 2.38. The second-order valence-corrected chi connectivity index (χ2v) is 5.39. The van der Waals surface area contributed by atoms with Gasteiger partial charge in [0, 0.05) is 18.4 Å². The van der Waals surface area contributed by atoms with Crippen molar-refractivity contribution in [2.45, 2.75) is 25.8 Å². The summed E-state index contributed by atoms with van der Waals surface area (Å²) in [6.07, 6.45) is 5.30. The SMILES string of the molecule is CCNC(Cc1cccc(OC)c1)Cc1ccncc1Cl. The third-order valence-electron chi connectivity index (χ3n) is 3.43. The highest BCUT2D eigenvalue weighted by Crippen LogP contribution is 2.19. The normalized spacial score (nSPS) is 12.1. The molecule has 0 amide bonds. The maximum Gasteiger partial charge on any atom is 0.119 e. The van der Waals surface area contributed by atoms with Crippen molar-refractivity contribution in [2.75, 3.05) is 13.7 Å². The van der Waals surface area contributed by atoms with Crippen molar-refractivity contribution >= 4 is 11.6 Å². The molecule has 0 aliphatic heterocycles. The lowest BCUT2D eigenvalue weighted by Gasteiger charge is -2.19. The summed E-state index contributed by atoms with van der Waals surface area (Å²) in [5, 5.41) is 4.25. The molecule has 3 nitrogen and oxygen atoms in total. The highest BCUT2D eigenvalue weighted by atomic mass is 35.5. The first-order valence-corrected chi connectivity index (χ1v) is 7.55. The Morgan fingerprint density at radius 1 is 1.29 bits per heavy atom. The van der Waals surface area contributed by atoms with E-state index in [1.54, 1.807) is 19.5 Å². The first-order chi connectivity index (χ1) is 10.2. The number of rotatable bonds is 7. The Morgan fingerprint density at radius 2 is 2.14 bits per heavy atom. The van der Waals surface area contributed by atoms with Gasteiger partial charge < -0.3 is 10.1 Å². The minimum absolute atomic E-state index is 0.335. The number of benzene rings is 1. The third-order valence-corrected chi connectivity index (χ3v) is 3.77. The van der Waals surface area contributed by atoms with Crippen molar-refractivity contribution in [2.24, 2.45) is 0 Å². The minimum atomic E-state index is 0.335. The van der Waals surface area contributed by atoms with Crippen LogP contribution in [0.15, 0.2) is 42.7 Å². The highest BCUT2D eigenvalue weighted by Gasteiger charge is 2.12. The van der Waals surface area contributed by atoms with Crippen molar-refractivity contribution < 1.29 is 4.74 Å². The monoisotopic (exact) mass is 304 g/mol. The molecule has 0 fully saturated rings. The van der Waals surface area contributed by atoms with Gasteiger partial charge in [0.1, 0.15) is 5.75 Å². The number of nitrogens with zero attached hydrogens (tertiary/aromatic N) is 1. The molecule has 2 aromatic rings. The van der Waals surface area contributed by atoms with E-state index in [-0.39, 0.29) is 0 Å². The van der Waals surface area contributed by atoms with E-state index in [0.29, 0.717) is 6.04 Å². The zero-order valence-electron chi connectivity index (χ0n) is 12.5. The van der Waals surface area contributed by atoms with Crippen LogP contribution in [0.25, 0.3) is 0 Å². The number of hydrogen-bond donors (Lipinski definition) is 1. The van der Waals surface area contributed by atoms with Gasteiger partial charge in [-0.3, -0.25) is 4.98 Å². The molecular formula is C17H21ClN2O. The number of likely N-dealkylation sites (N-methyl/N-ethyl adjacent to an activating group) is 1. The van der Waals surface area contributed by atoms with Gasteiger partial charge in [-0.15, -0.1) is 0 Å². The summed E-state index contributed by atoms with van der Waals surface area (Å²) in [4.78, 5) is 4.04. The highest BCUT2D eigenvalue weighted by molar-refractivity contribution is 6.31. The predicted octanol–water partition coefficient (Wildman–Crippen LogP) is 3.51. The van der Waals surface area contributed by atoms with E-state index in [1.165, 1.54) is 5.56 Å². The van der Waals surface area contributed by atoms with Crippen LogP contribution in [0.5, 0.6) is 5.75 Å². The topological polar surface area (TPSA) is 34.1 Å². The Bertz CT molecular complexity index is 574. The second kappa shape index (κ2) is 8.01. The third kappa shape index (κ3) is 4.73. The van der Waals surface area contributed by atoms with Gasteiger partial charge in [-0.25, -0.2) is 0 Å². The molecule has 0 aliphatic carbocycles. The average molecular weight is 305 g/mol. The predicted molar refractivity (Wildman–Crippen MR) is 87.1 cm³/mol. The number of nitrogens with one attached hydrogen (secondary N) is 1. The van der Waals surface area contributed by atoms with E-state index in [2.05, 4.69) is 29.4 Å². The lowest BCUT2D eigenvalue weighted by atomic mass is 9.99. The molecule has 0 spiro atoms. The molecule has 0 aliphatic rings. The summed E-state index contributed by atoms with van der Waals surface area (Å²) in [6.45, 7) is 3.05. The molecule has 4 heteroatoms. The van der Waals surface area contributed by atoms with Crippen LogP contribution >= 0.6 is 11.6 Å². The first kappa shape index (κ1) is 15.8. The van der Waals surface area contributed by atoms with Gasteiger partial charge in [0.25, 0.3) is 0 Å². The van der Waals surface area contributed by atoms with Gasteiger partial charge >= 0.3 is 0 Å². The molecule has 1 N–H and O–H groups in total. The zero-order valence-corrected chi connectivity index (χ0v) is 13.2. The molecule has 1 unspecified atom stereocenters. The Morgan fingerprint density at radius 3 is 2.86 bits per heavy atom. The zero-order chi connectivity index (χ0) is 15.1. The quantitative estimate of drug-likeness (QED) is 0.850. The number of ether oxygens (including phenoxy) is 1. The van der Waals surface area contributed by atoms with Crippen LogP contribution in [0, 0.1) is 0 Å². The smallest absolute Gasteiger partial charge is 0.119 e. The van der Waals surface area contributed by atoms with E-state index in [4.69, 9.17) is 16.3 Å². The molecule has 2 rings (SSSR count). The van der Waals surface area contributed by atoms with Crippen molar-refractivity contribution in [1.29, 1.82) is 0 Å². The molecule has 1 aromatic carbocycles. The number of hydrogen-bond acceptors (Lipinski definition) is 3. The van der Waals surface area contributed by atoms with Crippen molar-refractivity contribution in [3.63, 3.8) is 0 Å². The Balaban J connectivity index is 2.10. The van der Waals surface area contributed by atoms with Crippen LogP contribution in [0.4, 0.5) is 0 Å². The Labute approximate surface area is 131 Å². The molecule has 1 aromatic heterocycles. The molecule has 1 atom stereocenters. The van der Waals surface area contributed by atoms with Gasteiger partial charge in [0.2, 0.25) is 0 Å². The lowest BCUT2D eigenvalue weighted by molar-refractivity contribution is 0.413. The van der Waals surface area contributed by atoms with Crippen LogP contribution in [-0.4, -0.2) is 24.7 Å². The van der Waals surface area contributed by atoms with E-state index < -0.39 is 0 Å². The van der Waals surface area contributed by atoms with E-state index >= 15 is 0 Å². The minimum Gasteiger partial charge on any atom is -0.497 e. The maximum atomic E-state index is 6.21. The number of halogens is 1. The van der Waals surface area contributed by atoms with Crippen molar-refractivity contribution in [3.8, 4) is 5.75 Å². The number of aromatic nitrogens is 1. The lowest BCUT2D eigenvalue weighted by Crippen LogP contribution is -2.33. The van der Waals surface area contributed by atoms with Crippen molar-refractivity contribution in [3.05, 3.63) is 58.9 Å². The maximum absolute atomic E-state index is 6.21. The fraction of sp³-hybridized carbons (Fsp3) is 0.353. The van der Waals surface area contributed by atoms with Gasteiger partial charge in [0.05, 0.1) is 12.1 Å². The van der Waals surface area contributed by atoms with Crippen molar-refractivity contribution in [1.82, 2.24) is 10.3 Å². The van der Waals surface area contributed by atoms with Gasteiger partial charge in [-0.2, -0.15) is 0 Å². The van der Waals surface area contributed by atoms with Crippen LogP contribution < -0.4 is 10.1 Å². The average Bonchev–Trinajstić information content (AvgIpc) is 2.50. The van der Waals surface area contributed by atoms with E-state index in [9.17, 15) is 0 Å². The summed E-state index contributed by atoms with van der Waals surface area (Å²) >= 11 is 6.21. The number of methoxy groups -OCH3 is 1. The molecular weight excluding hydrogens is 284 g/mol. The first-order valence-electron chi connectivity index (χ1n) is 7.17. The fourth-order valence-electron chi connectivity index (χ4n) is 2.42. The largest absolute Gasteiger partial charge is 0.497 e. The second-order valence-electron chi connectivity index (χ2n) is 4.98. The Hall–Kier alpha value is -1.58. The van der Waals surface area contributed by atoms with Crippen LogP contribution in [0.2, 0.25) is 5.02 Å². The molecule has 112 valence electrons. The van der Waals surface area contributed by atoms with Crippen LogP contribution in [0.1, 0.15) is 18.1 Å². The molecule has 0 saturated heterocycles. The number of pyridine rings is 1. The Kier molecular flexibility index (Phi) is 6.03. The molecule has 0 bridgehead atoms. The van der Waals surface area contributed by atoms with E-state index in [1.807, 2.05) is 18.2 Å². The van der Waals surface area contributed by atoms with Crippen LogP contribution in [-0.2, 0) is 12.8 Å². The van der Waals surface area contributed by atoms with Gasteiger partial charge in [-0.05, 0) is 48.7 Å². The summed E-state index contributed by atoms with van der Waals surface area (Å²) in [6, 6.07) is 10.5. The summed E-state index contributed by atoms with van der Waals surface area (Å²) in [5.74, 6) is 0.893. The van der Waals surface area contributed by atoms with E-state index in [0.717, 1.165) is 35.7 Å². The van der Waals surface area contributed by atoms with Gasteiger partial charge in [0.15, 0.2) is 0 Å². The molecule has 1 heterocycles. The summed E-state index contributed by atoms with van der Waals surface area (Å²) < 4.78 is 5.28. The summed E-state index contributed by atoms with van der Waals surface area (Å²) in [7, 11) is 1.69. The molecule has 21 heavy (non-hydrogen) atoms. The molecule has 0 saturated carbocycles. The fourth-order valence-corrected chi connectivity index (χ4v) is 2.62. The van der Waals surface area contributed by atoms with Gasteiger partial charge in [-0.1, -0.05) is 30.7 Å². The standard InChI is InChI=1S/C17H21ClN2O/c1-3-20-15(11-14-7-8-19-12-17(14)18)9-13-5-4-6-16(10-13)21-2/h4-8,10,12,15,20H,3,9,11H2,1-2H3.